The average Bonchev–Trinajstić information content (AvgIpc) is 2.23. The molecule has 1 heterocycles. The molecule has 15 heavy (non-hydrogen) atoms. The average molecular weight is 210 g/mol. The normalized spacial score (nSPS) is 10.2. The SMILES string of the molecule is COCCCCNc1ccc(N)c(N)n1. The second-order valence-electron chi connectivity index (χ2n) is 3.30. The maximum Gasteiger partial charge on any atom is 0.149 e. The van der Waals surface area contributed by atoms with Gasteiger partial charge in [0.1, 0.15) is 11.6 Å². The van der Waals surface area contributed by atoms with Crippen molar-refractivity contribution in [3.05, 3.63) is 12.1 Å². The summed E-state index contributed by atoms with van der Waals surface area (Å²) in [6.45, 7) is 1.65. The minimum absolute atomic E-state index is 0.372. The quantitative estimate of drug-likeness (QED) is 0.612. The molecule has 84 valence electrons. The van der Waals surface area contributed by atoms with Gasteiger partial charge in [0.15, 0.2) is 0 Å². The molecule has 0 aliphatic rings. The molecule has 0 bridgehead atoms. The maximum atomic E-state index is 5.58. The monoisotopic (exact) mass is 210 g/mol. The van der Waals surface area contributed by atoms with Crippen molar-refractivity contribution in [1.82, 2.24) is 4.98 Å². The number of nitrogens with one attached hydrogen (secondary N) is 1. The number of pyridine rings is 1. The van der Waals surface area contributed by atoms with Gasteiger partial charge in [0.2, 0.25) is 0 Å². The Labute approximate surface area is 89.8 Å². The van der Waals surface area contributed by atoms with Gasteiger partial charge in [0.05, 0.1) is 5.69 Å². The highest BCUT2D eigenvalue weighted by Gasteiger charge is 1.97. The van der Waals surface area contributed by atoms with Crippen LogP contribution in [0.25, 0.3) is 0 Å². The van der Waals surface area contributed by atoms with Gasteiger partial charge in [-0.3, -0.25) is 0 Å². The number of methoxy groups -OCH3 is 1. The Bertz CT molecular complexity index is 303. The third kappa shape index (κ3) is 4.03. The van der Waals surface area contributed by atoms with Crippen LogP contribution in [0.3, 0.4) is 0 Å². The summed E-state index contributed by atoms with van der Waals surface area (Å²) >= 11 is 0. The molecule has 1 aromatic rings. The summed E-state index contributed by atoms with van der Waals surface area (Å²) in [4.78, 5) is 4.10. The molecular weight excluding hydrogens is 192 g/mol. The molecule has 0 saturated carbocycles. The van der Waals surface area contributed by atoms with Crippen molar-refractivity contribution >= 4 is 17.3 Å². The highest BCUT2D eigenvalue weighted by molar-refractivity contribution is 5.61. The lowest BCUT2D eigenvalue weighted by Gasteiger charge is -2.06. The zero-order valence-corrected chi connectivity index (χ0v) is 8.99. The molecule has 0 fully saturated rings. The molecule has 0 aliphatic heterocycles. The Kier molecular flexibility index (Phi) is 4.70. The number of nitrogens with zero attached hydrogens (tertiary/aromatic N) is 1. The number of unbranched alkanes of at least 4 members (excludes halogenated alkanes) is 1. The first-order chi connectivity index (χ1) is 7.24. The largest absolute Gasteiger partial charge is 0.396 e. The topological polar surface area (TPSA) is 86.2 Å². The number of nitrogen functional groups attached to an aromatic ring is 2. The van der Waals surface area contributed by atoms with Crippen LogP contribution in [0.15, 0.2) is 12.1 Å². The molecule has 0 spiro atoms. The lowest BCUT2D eigenvalue weighted by atomic mass is 10.3. The fourth-order valence-corrected chi connectivity index (χ4v) is 1.17. The first-order valence-corrected chi connectivity index (χ1v) is 4.99. The zero-order chi connectivity index (χ0) is 11.1. The predicted octanol–water partition coefficient (Wildman–Crippen LogP) is 1.08. The Morgan fingerprint density at radius 3 is 2.80 bits per heavy atom. The fourth-order valence-electron chi connectivity index (χ4n) is 1.17. The molecule has 0 unspecified atom stereocenters. The van der Waals surface area contributed by atoms with Crippen molar-refractivity contribution < 1.29 is 4.74 Å². The van der Waals surface area contributed by atoms with Crippen molar-refractivity contribution in [2.45, 2.75) is 12.8 Å². The van der Waals surface area contributed by atoms with E-state index in [1.807, 2.05) is 6.07 Å². The number of anilines is 3. The molecule has 0 aromatic carbocycles. The van der Waals surface area contributed by atoms with Crippen LogP contribution in [0.4, 0.5) is 17.3 Å². The fraction of sp³-hybridized carbons (Fsp3) is 0.500. The van der Waals surface area contributed by atoms with E-state index in [1.165, 1.54) is 0 Å². The molecule has 0 atom stereocenters. The molecule has 0 amide bonds. The molecule has 5 nitrogen and oxygen atoms in total. The van der Waals surface area contributed by atoms with Crippen LogP contribution in [0.5, 0.6) is 0 Å². The van der Waals surface area contributed by atoms with Gasteiger partial charge in [-0.15, -0.1) is 0 Å². The minimum atomic E-state index is 0.372. The number of hydrogen-bond donors (Lipinski definition) is 3. The first kappa shape index (κ1) is 11.6. The molecule has 1 rings (SSSR count). The summed E-state index contributed by atoms with van der Waals surface area (Å²) in [5, 5.41) is 3.17. The van der Waals surface area contributed by atoms with Gasteiger partial charge < -0.3 is 21.5 Å². The Hall–Kier alpha value is -1.49. The van der Waals surface area contributed by atoms with Crippen LogP contribution in [0.2, 0.25) is 0 Å². The van der Waals surface area contributed by atoms with E-state index in [4.69, 9.17) is 16.2 Å². The van der Waals surface area contributed by atoms with E-state index in [0.29, 0.717) is 11.5 Å². The van der Waals surface area contributed by atoms with E-state index in [1.54, 1.807) is 13.2 Å². The Balaban J connectivity index is 2.28. The van der Waals surface area contributed by atoms with Crippen molar-refractivity contribution in [1.29, 1.82) is 0 Å². The summed E-state index contributed by atoms with van der Waals surface area (Å²) in [7, 11) is 1.70. The predicted molar refractivity (Wildman–Crippen MR) is 62.7 cm³/mol. The summed E-state index contributed by atoms with van der Waals surface area (Å²) < 4.78 is 4.95. The highest BCUT2D eigenvalue weighted by atomic mass is 16.5. The van der Waals surface area contributed by atoms with Gasteiger partial charge in [-0.25, -0.2) is 4.98 Å². The summed E-state index contributed by atoms with van der Waals surface area (Å²) in [5.41, 5.74) is 11.6. The third-order valence-corrected chi connectivity index (χ3v) is 2.04. The van der Waals surface area contributed by atoms with Gasteiger partial charge in [0, 0.05) is 20.3 Å². The standard InChI is InChI=1S/C10H18N4O/c1-15-7-3-2-6-13-9-5-4-8(11)10(12)14-9/h4-5H,2-3,6-7,11H2,1H3,(H3,12,13,14). The summed E-state index contributed by atoms with van der Waals surface area (Å²) in [5.74, 6) is 1.14. The summed E-state index contributed by atoms with van der Waals surface area (Å²) in [6.07, 6.45) is 2.08. The van der Waals surface area contributed by atoms with Gasteiger partial charge in [-0.2, -0.15) is 0 Å². The van der Waals surface area contributed by atoms with Gasteiger partial charge in [-0.05, 0) is 25.0 Å². The first-order valence-electron chi connectivity index (χ1n) is 4.99. The van der Waals surface area contributed by atoms with Crippen molar-refractivity contribution in [2.24, 2.45) is 0 Å². The van der Waals surface area contributed by atoms with Crippen molar-refractivity contribution in [2.75, 3.05) is 37.0 Å². The summed E-state index contributed by atoms with van der Waals surface area (Å²) in [6, 6.07) is 3.57. The molecular formula is C10H18N4O. The number of hydrogen-bond acceptors (Lipinski definition) is 5. The van der Waals surface area contributed by atoms with Crippen molar-refractivity contribution in [3.63, 3.8) is 0 Å². The van der Waals surface area contributed by atoms with E-state index in [9.17, 15) is 0 Å². The highest BCUT2D eigenvalue weighted by Crippen LogP contribution is 2.14. The molecule has 5 N–H and O–H groups in total. The van der Waals surface area contributed by atoms with E-state index >= 15 is 0 Å². The number of nitrogens with two attached hydrogens (primary N) is 2. The van der Waals surface area contributed by atoms with Crippen LogP contribution in [-0.2, 0) is 4.74 Å². The second kappa shape index (κ2) is 6.08. The van der Waals surface area contributed by atoms with Crippen LogP contribution < -0.4 is 16.8 Å². The molecule has 1 aromatic heterocycles. The molecule has 5 heteroatoms. The Morgan fingerprint density at radius 2 is 2.13 bits per heavy atom. The van der Waals surface area contributed by atoms with Crippen LogP contribution in [0, 0.1) is 0 Å². The lowest BCUT2D eigenvalue weighted by molar-refractivity contribution is 0.194. The van der Waals surface area contributed by atoms with Crippen LogP contribution in [0.1, 0.15) is 12.8 Å². The lowest BCUT2D eigenvalue weighted by Crippen LogP contribution is -2.06. The van der Waals surface area contributed by atoms with Gasteiger partial charge in [-0.1, -0.05) is 0 Å². The van der Waals surface area contributed by atoms with Crippen LogP contribution >= 0.6 is 0 Å². The van der Waals surface area contributed by atoms with Gasteiger partial charge in [0.25, 0.3) is 0 Å². The second-order valence-corrected chi connectivity index (χ2v) is 3.30. The third-order valence-electron chi connectivity index (χ3n) is 2.04. The zero-order valence-electron chi connectivity index (χ0n) is 8.99. The van der Waals surface area contributed by atoms with Crippen LogP contribution in [-0.4, -0.2) is 25.2 Å². The van der Waals surface area contributed by atoms with E-state index in [-0.39, 0.29) is 0 Å². The number of aromatic nitrogens is 1. The maximum absolute atomic E-state index is 5.58. The van der Waals surface area contributed by atoms with E-state index in [0.717, 1.165) is 31.8 Å². The molecule has 0 radical (unpaired) electrons. The van der Waals surface area contributed by atoms with E-state index < -0.39 is 0 Å². The van der Waals surface area contributed by atoms with E-state index in [2.05, 4.69) is 10.3 Å². The van der Waals surface area contributed by atoms with Gasteiger partial charge >= 0.3 is 0 Å². The minimum Gasteiger partial charge on any atom is -0.396 e. The smallest absolute Gasteiger partial charge is 0.149 e. The number of ether oxygens (including phenoxy) is 1. The Morgan fingerprint density at radius 1 is 1.33 bits per heavy atom. The number of rotatable bonds is 6. The molecule has 0 saturated heterocycles. The van der Waals surface area contributed by atoms with Crippen molar-refractivity contribution in [3.8, 4) is 0 Å². The molecule has 0 aliphatic carbocycles.